The first-order valence-electron chi connectivity index (χ1n) is 15.5. The first-order valence-corrected chi connectivity index (χ1v) is 15.5. The van der Waals surface area contributed by atoms with Crippen molar-refractivity contribution in [2.45, 2.75) is 0 Å². The van der Waals surface area contributed by atoms with Crippen LogP contribution < -0.4 is 0 Å². The van der Waals surface area contributed by atoms with Gasteiger partial charge in [-0.15, -0.1) is 0 Å². The normalized spacial score (nSPS) is 12.0. The fourth-order valence-corrected chi connectivity index (χ4v) is 7.37. The van der Waals surface area contributed by atoms with Crippen molar-refractivity contribution in [3.63, 3.8) is 0 Å². The SMILES string of the molecule is c1ccc(-c2ccc3cc(-c4cc5ccc6ccc(-c7ccc8oc9ccccc9c8c7)c7ccc(c4)c5c67)ccc3c2)cc1. The lowest BCUT2D eigenvalue weighted by Gasteiger charge is -2.16. The Kier molecular flexibility index (Phi) is 5.06. The molecule has 10 aromatic rings. The molecule has 1 heterocycles. The van der Waals surface area contributed by atoms with Gasteiger partial charge in [0.25, 0.3) is 0 Å². The van der Waals surface area contributed by atoms with Gasteiger partial charge in [0.2, 0.25) is 0 Å². The number of para-hydroxylation sites is 1. The molecule has 0 fully saturated rings. The van der Waals surface area contributed by atoms with E-state index in [2.05, 4.69) is 146 Å². The molecule has 0 amide bonds. The lowest BCUT2D eigenvalue weighted by atomic mass is 9.88. The zero-order valence-corrected chi connectivity index (χ0v) is 24.4. The number of rotatable bonds is 3. The molecular formula is C44H26O. The maximum absolute atomic E-state index is 6.12. The molecule has 10 rings (SSSR count). The number of fused-ring (bicyclic) bond motifs is 4. The van der Waals surface area contributed by atoms with Crippen molar-refractivity contribution in [2.24, 2.45) is 0 Å². The molecule has 0 N–H and O–H groups in total. The Balaban J connectivity index is 1.11. The third kappa shape index (κ3) is 3.74. The van der Waals surface area contributed by atoms with E-state index in [4.69, 9.17) is 4.42 Å². The van der Waals surface area contributed by atoms with Crippen LogP contribution in [0.3, 0.4) is 0 Å². The third-order valence-electron chi connectivity index (χ3n) is 9.57. The minimum atomic E-state index is 0.926. The Morgan fingerprint density at radius 2 is 0.889 bits per heavy atom. The van der Waals surface area contributed by atoms with Gasteiger partial charge in [0.05, 0.1) is 0 Å². The monoisotopic (exact) mass is 570 g/mol. The van der Waals surface area contributed by atoms with E-state index in [0.29, 0.717) is 0 Å². The summed E-state index contributed by atoms with van der Waals surface area (Å²) >= 11 is 0. The van der Waals surface area contributed by atoms with Gasteiger partial charge in [-0.3, -0.25) is 0 Å². The van der Waals surface area contributed by atoms with Crippen LogP contribution in [-0.2, 0) is 0 Å². The molecule has 0 atom stereocenters. The highest BCUT2D eigenvalue weighted by molar-refractivity contribution is 6.26. The summed E-state index contributed by atoms with van der Waals surface area (Å²) in [5.74, 6) is 0. The van der Waals surface area contributed by atoms with Gasteiger partial charge in [-0.25, -0.2) is 0 Å². The van der Waals surface area contributed by atoms with Crippen LogP contribution in [0.4, 0.5) is 0 Å². The summed E-state index contributed by atoms with van der Waals surface area (Å²) in [4.78, 5) is 0. The highest BCUT2D eigenvalue weighted by Crippen LogP contribution is 2.42. The molecule has 208 valence electrons. The summed E-state index contributed by atoms with van der Waals surface area (Å²) in [5, 5.41) is 12.6. The van der Waals surface area contributed by atoms with Crippen LogP contribution in [-0.4, -0.2) is 0 Å². The standard InChI is InChI=1S/C44H26O/c1-2-6-27(7-3-1)29-11-12-31-23-32(14-13-30(31)22-29)36-24-34-15-10-28-16-19-37(39-20-17-35(25-36)43(34)44(28)39)33-18-21-42-40(26-33)38-8-4-5-9-41(38)45-42/h1-26H. The van der Waals surface area contributed by atoms with Crippen LogP contribution >= 0.6 is 0 Å². The second-order valence-corrected chi connectivity index (χ2v) is 12.1. The number of benzene rings is 9. The number of hydrogen-bond donors (Lipinski definition) is 0. The molecule has 1 nitrogen and oxygen atoms in total. The average Bonchev–Trinajstić information content (AvgIpc) is 3.48. The van der Waals surface area contributed by atoms with Crippen LogP contribution in [0.1, 0.15) is 0 Å². The lowest BCUT2D eigenvalue weighted by Crippen LogP contribution is -1.89. The Hall–Kier alpha value is -5.92. The molecule has 0 spiro atoms. The maximum atomic E-state index is 6.12. The van der Waals surface area contributed by atoms with E-state index in [0.717, 1.165) is 21.9 Å². The molecular weight excluding hydrogens is 544 g/mol. The van der Waals surface area contributed by atoms with Crippen molar-refractivity contribution in [1.29, 1.82) is 0 Å². The molecule has 0 aliphatic rings. The second kappa shape index (κ2) is 9.29. The summed E-state index contributed by atoms with van der Waals surface area (Å²) < 4.78 is 6.12. The largest absolute Gasteiger partial charge is 0.456 e. The summed E-state index contributed by atoms with van der Waals surface area (Å²) in [7, 11) is 0. The number of hydrogen-bond acceptors (Lipinski definition) is 1. The molecule has 0 saturated heterocycles. The van der Waals surface area contributed by atoms with Crippen LogP contribution in [0, 0.1) is 0 Å². The van der Waals surface area contributed by atoms with E-state index >= 15 is 0 Å². The quantitative estimate of drug-likeness (QED) is 0.193. The fourth-order valence-electron chi connectivity index (χ4n) is 7.37. The van der Waals surface area contributed by atoms with E-state index in [9.17, 15) is 0 Å². The van der Waals surface area contributed by atoms with Gasteiger partial charge in [-0.1, -0.05) is 115 Å². The molecule has 0 bridgehead atoms. The molecule has 0 aliphatic carbocycles. The molecule has 0 radical (unpaired) electrons. The maximum Gasteiger partial charge on any atom is 0.135 e. The van der Waals surface area contributed by atoms with Crippen LogP contribution in [0.5, 0.6) is 0 Å². The van der Waals surface area contributed by atoms with Crippen LogP contribution in [0.15, 0.2) is 162 Å². The second-order valence-electron chi connectivity index (χ2n) is 12.1. The summed E-state index contributed by atoms with van der Waals surface area (Å²) in [6.45, 7) is 0. The summed E-state index contributed by atoms with van der Waals surface area (Å²) in [5.41, 5.74) is 9.28. The Bertz CT molecular complexity index is 2730. The van der Waals surface area contributed by atoms with Crippen molar-refractivity contribution < 1.29 is 4.42 Å². The van der Waals surface area contributed by atoms with Crippen LogP contribution in [0.2, 0.25) is 0 Å². The van der Waals surface area contributed by atoms with Gasteiger partial charge in [-0.05, 0) is 119 Å². The number of furan rings is 1. The highest BCUT2D eigenvalue weighted by atomic mass is 16.3. The van der Waals surface area contributed by atoms with E-state index in [1.165, 1.54) is 76.5 Å². The molecule has 1 aromatic heterocycles. The fraction of sp³-hybridized carbons (Fsp3) is 0. The van der Waals surface area contributed by atoms with E-state index in [1.807, 2.05) is 12.1 Å². The topological polar surface area (TPSA) is 13.1 Å². The zero-order valence-electron chi connectivity index (χ0n) is 24.4. The Labute approximate surface area is 259 Å². The summed E-state index contributed by atoms with van der Waals surface area (Å²) in [6, 6.07) is 57.5. The van der Waals surface area contributed by atoms with Gasteiger partial charge >= 0.3 is 0 Å². The van der Waals surface area contributed by atoms with Crippen molar-refractivity contribution >= 4 is 65.0 Å². The first-order chi connectivity index (χ1) is 22.3. The predicted octanol–water partition coefficient (Wildman–Crippen LogP) is 12.6. The molecule has 0 aliphatic heterocycles. The van der Waals surface area contributed by atoms with Crippen molar-refractivity contribution in [3.05, 3.63) is 158 Å². The van der Waals surface area contributed by atoms with Gasteiger partial charge in [0.1, 0.15) is 11.2 Å². The van der Waals surface area contributed by atoms with E-state index < -0.39 is 0 Å². The third-order valence-corrected chi connectivity index (χ3v) is 9.57. The molecule has 0 saturated carbocycles. The molecule has 9 aromatic carbocycles. The van der Waals surface area contributed by atoms with E-state index in [-0.39, 0.29) is 0 Å². The first kappa shape index (κ1) is 24.5. The molecule has 1 heteroatoms. The van der Waals surface area contributed by atoms with Crippen molar-refractivity contribution in [3.8, 4) is 33.4 Å². The van der Waals surface area contributed by atoms with Crippen LogP contribution in [0.25, 0.3) is 98.4 Å². The Morgan fingerprint density at radius 1 is 0.289 bits per heavy atom. The predicted molar refractivity (Wildman–Crippen MR) is 191 cm³/mol. The minimum absolute atomic E-state index is 0.926. The highest BCUT2D eigenvalue weighted by Gasteiger charge is 2.15. The summed E-state index contributed by atoms with van der Waals surface area (Å²) in [6.07, 6.45) is 0. The molecule has 0 unspecified atom stereocenters. The average molecular weight is 571 g/mol. The lowest BCUT2D eigenvalue weighted by molar-refractivity contribution is 0.669. The zero-order chi connectivity index (χ0) is 29.5. The van der Waals surface area contributed by atoms with E-state index in [1.54, 1.807) is 0 Å². The van der Waals surface area contributed by atoms with Crippen molar-refractivity contribution in [1.82, 2.24) is 0 Å². The smallest absolute Gasteiger partial charge is 0.135 e. The van der Waals surface area contributed by atoms with Gasteiger partial charge in [-0.2, -0.15) is 0 Å². The molecule has 45 heavy (non-hydrogen) atoms. The van der Waals surface area contributed by atoms with Gasteiger partial charge in [0, 0.05) is 10.8 Å². The van der Waals surface area contributed by atoms with Gasteiger partial charge < -0.3 is 4.42 Å². The Morgan fingerprint density at radius 3 is 1.71 bits per heavy atom. The van der Waals surface area contributed by atoms with Gasteiger partial charge in [0.15, 0.2) is 0 Å². The van der Waals surface area contributed by atoms with Crippen molar-refractivity contribution in [2.75, 3.05) is 0 Å². The minimum Gasteiger partial charge on any atom is -0.456 e.